The van der Waals surface area contributed by atoms with Gasteiger partial charge in [0, 0.05) is 20.6 Å². The van der Waals surface area contributed by atoms with Crippen LogP contribution < -0.4 is 0 Å². The monoisotopic (exact) mass is 180 g/mol. The summed E-state index contributed by atoms with van der Waals surface area (Å²) in [5.41, 5.74) is -0.454. The topological polar surface area (TPSA) is 52.6 Å². The molecule has 11 heavy (non-hydrogen) atoms. The zero-order chi connectivity index (χ0) is 8.91. The van der Waals surface area contributed by atoms with Crippen LogP contribution in [0.5, 0.6) is 0 Å². The molecular weight excluding hydrogens is 167 g/mol. The first-order valence-electron chi connectivity index (χ1n) is 3.35. The van der Waals surface area contributed by atoms with Gasteiger partial charge in [0.1, 0.15) is 0 Å². The highest BCUT2D eigenvalue weighted by molar-refractivity contribution is 7.71. The Morgan fingerprint density at radius 1 is 1.36 bits per heavy atom. The summed E-state index contributed by atoms with van der Waals surface area (Å²) >= 11 is 0. The molecule has 5 heteroatoms. The molecule has 0 saturated carbocycles. The van der Waals surface area contributed by atoms with E-state index in [-0.39, 0.29) is 6.42 Å². The van der Waals surface area contributed by atoms with Gasteiger partial charge >= 0.3 is 7.60 Å². The standard InChI is InChI=1S/C6H13O4P/c1-4-5-6(7)11(8,9-2)10-3/h4-5H2,1-3H3. The summed E-state index contributed by atoms with van der Waals surface area (Å²) in [6.45, 7) is 1.83. The average Bonchev–Trinajstić information content (AvgIpc) is 2.03. The summed E-state index contributed by atoms with van der Waals surface area (Å²) in [6, 6.07) is 0. The predicted octanol–water partition coefficient (Wildman–Crippen LogP) is 1.80. The van der Waals surface area contributed by atoms with Crippen LogP contribution in [0, 0.1) is 0 Å². The lowest BCUT2D eigenvalue weighted by Gasteiger charge is -2.10. The Bertz CT molecular complexity index is 169. The predicted molar refractivity (Wildman–Crippen MR) is 41.5 cm³/mol. The van der Waals surface area contributed by atoms with Gasteiger partial charge in [0.25, 0.3) is 0 Å². The van der Waals surface area contributed by atoms with Gasteiger partial charge in [-0.3, -0.25) is 9.36 Å². The third-order valence-corrected chi connectivity index (χ3v) is 3.05. The molecule has 0 N–H and O–H groups in total. The fraction of sp³-hybridized carbons (Fsp3) is 0.833. The van der Waals surface area contributed by atoms with E-state index in [1.54, 1.807) is 0 Å². The van der Waals surface area contributed by atoms with Crippen LogP contribution in [0.4, 0.5) is 0 Å². The van der Waals surface area contributed by atoms with Gasteiger partial charge in [0.2, 0.25) is 5.52 Å². The van der Waals surface area contributed by atoms with Gasteiger partial charge in [-0.25, -0.2) is 0 Å². The van der Waals surface area contributed by atoms with E-state index >= 15 is 0 Å². The van der Waals surface area contributed by atoms with Gasteiger partial charge in [-0.2, -0.15) is 0 Å². The number of rotatable bonds is 5. The second kappa shape index (κ2) is 4.65. The zero-order valence-electron chi connectivity index (χ0n) is 6.99. The fourth-order valence-electron chi connectivity index (χ4n) is 0.629. The third-order valence-electron chi connectivity index (χ3n) is 1.25. The maximum absolute atomic E-state index is 11.2. The van der Waals surface area contributed by atoms with Crippen LogP contribution >= 0.6 is 7.60 Å². The van der Waals surface area contributed by atoms with Crippen LogP contribution in [0.3, 0.4) is 0 Å². The van der Waals surface area contributed by atoms with E-state index in [0.717, 1.165) is 0 Å². The minimum atomic E-state index is -3.43. The first-order valence-corrected chi connectivity index (χ1v) is 4.90. The molecule has 0 bridgehead atoms. The minimum absolute atomic E-state index is 0.235. The molecule has 0 spiro atoms. The first kappa shape index (κ1) is 10.8. The SMILES string of the molecule is CCCC(=O)P(=O)(OC)OC. The number of carbonyl (C=O) groups excluding carboxylic acids is 1. The van der Waals surface area contributed by atoms with Crippen molar-refractivity contribution in [2.45, 2.75) is 19.8 Å². The Morgan fingerprint density at radius 2 is 1.82 bits per heavy atom. The van der Waals surface area contributed by atoms with Crippen LogP contribution in [0.2, 0.25) is 0 Å². The molecule has 66 valence electrons. The second-order valence-electron chi connectivity index (χ2n) is 2.01. The molecule has 0 heterocycles. The Balaban J connectivity index is 4.26. The molecule has 0 fully saturated rings. The van der Waals surface area contributed by atoms with Gasteiger partial charge < -0.3 is 9.05 Å². The van der Waals surface area contributed by atoms with E-state index in [1.807, 2.05) is 6.92 Å². The van der Waals surface area contributed by atoms with Gasteiger partial charge in [0.05, 0.1) is 0 Å². The summed E-state index contributed by atoms with van der Waals surface area (Å²) in [7, 11) is -1.02. The normalized spacial score (nSPS) is 11.5. The molecule has 0 rings (SSSR count). The van der Waals surface area contributed by atoms with Crippen LogP contribution in [0.15, 0.2) is 0 Å². The highest BCUT2D eigenvalue weighted by Crippen LogP contribution is 2.48. The van der Waals surface area contributed by atoms with Gasteiger partial charge in [-0.1, -0.05) is 6.92 Å². The Labute approximate surface area is 66.4 Å². The second-order valence-corrected chi connectivity index (χ2v) is 4.23. The largest absolute Gasteiger partial charge is 0.396 e. The van der Waals surface area contributed by atoms with E-state index in [9.17, 15) is 9.36 Å². The lowest BCUT2D eigenvalue weighted by atomic mass is 10.4. The van der Waals surface area contributed by atoms with E-state index in [0.29, 0.717) is 6.42 Å². The molecule has 0 atom stereocenters. The Hall–Kier alpha value is -0.180. The molecule has 0 aliphatic rings. The van der Waals surface area contributed by atoms with Crippen molar-refractivity contribution in [3.05, 3.63) is 0 Å². The molecule has 0 aliphatic carbocycles. The highest BCUT2D eigenvalue weighted by Gasteiger charge is 2.30. The van der Waals surface area contributed by atoms with Crippen molar-refractivity contribution in [2.24, 2.45) is 0 Å². The summed E-state index contributed by atoms with van der Waals surface area (Å²) in [5, 5.41) is 0. The smallest absolute Gasteiger partial charge is 0.307 e. The molecule has 0 aromatic heterocycles. The van der Waals surface area contributed by atoms with E-state index in [4.69, 9.17) is 0 Å². The maximum atomic E-state index is 11.2. The van der Waals surface area contributed by atoms with Crippen LogP contribution in [0.25, 0.3) is 0 Å². The van der Waals surface area contributed by atoms with E-state index < -0.39 is 13.1 Å². The summed E-state index contributed by atoms with van der Waals surface area (Å²) in [5.74, 6) is 0. The average molecular weight is 180 g/mol. The van der Waals surface area contributed by atoms with Gasteiger partial charge in [-0.15, -0.1) is 0 Å². The Morgan fingerprint density at radius 3 is 2.09 bits per heavy atom. The molecule has 4 nitrogen and oxygen atoms in total. The van der Waals surface area contributed by atoms with Crippen molar-refractivity contribution in [1.29, 1.82) is 0 Å². The molecule has 0 amide bonds. The Kier molecular flexibility index (Phi) is 4.57. The van der Waals surface area contributed by atoms with Crippen LogP contribution in [-0.2, 0) is 18.4 Å². The van der Waals surface area contributed by atoms with Crippen LogP contribution in [0.1, 0.15) is 19.8 Å². The lowest BCUT2D eigenvalue weighted by molar-refractivity contribution is -0.113. The number of hydrogen-bond acceptors (Lipinski definition) is 4. The van der Waals surface area contributed by atoms with Crippen molar-refractivity contribution in [2.75, 3.05) is 14.2 Å². The molecular formula is C6H13O4P. The van der Waals surface area contributed by atoms with Crippen LogP contribution in [-0.4, -0.2) is 19.7 Å². The highest BCUT2D eigenvalue weighted by atomic mass is 31.2. The zero-order valence-corrected chi connectivity index (χ0v) is 7.89. The van der Waals surface area contributed by atoms with E-state index in [2.05, 4.69) is 9.05 Å². The summed E-state index contributed by atoms with van der Waals surface area (Å²) in [6.07, 6.45) is 0.883. The van der Waals surface area contributed by atoms with Gasteiger partial charge in [-0.05, 0) is 6.42 Å². The molecule has 0 aromatic carbocycles. The summed E-state index contributed by atoms with van der Waals surface area (Å²) in [4.78, 5) is 11.0. The van der Waals surface area contributed by atoms with Gasteiger partial charge in [0.15, 0.2) is 0 Å². The van der Waals surface area contributed by atoms with Crippen molar-refractivity contribution < 1.29 is 18.4 Å². The maximum Gasteiger partial charge on any atom is 0.396 e. The first-order chi connectivity index (χ1) is 5.10. The lowest BCUT2D eigenvalue weighted by Crippen LogP contribution is -2.02. The summed E-state index contributed by atoms with van der Waals surface area (Å²) < 4.78 is 20.2. The van der Waals surface area contributed by atoms with Crippen molar-refractivity contribution in [3.63, 3.8) is 0 Å². The quantitative estimate of drug-likeness (QED) is 0.605. The number of hydrogen-bond donors (Lipinski definition) is 0. The minimum Gasteiger partial charge on any atom is -0.307 e. The number of carbonyl (C=O) groups is 1. The molecule has 0 radical (unpaired) electrons. The molecule has 0 aliphatic heterocycles. The molecule has 0 saturated heterocycles. The van der Waals surface area contributed by atoms with Crippen molar-refractivity contribution >= 4 is 13.1 Å². The third kappa shape index (κ3) is 2.73. The van der Waals surface area contributed by atoms with Crippen molar-refractivity contribution in [1.82, 2.24) is 0 Å². The molecule has 0 aromatic rings. The molecule has 0 unspecified atom stereocenters. The fourth-order valence-corrected chi connectivity index (χ4v) is 1.68. The van der Waals surface area contributed by atoms with E-state index in [1.165, 1.54) is 14.2 Å². The van der Waals surface area contributed by atoms with Crippen molar-refractivity contribution in [3.8, 4) is 0 Å².